The fourth-order valence-corrected chi connectivity index (χ4v) is 2.22. The summed E-state index contributed by atoms with van der Waals surface area (Å²) in [6.07, 6.45) is 4.71. The van der Waals surface area contributed by atoms with Crippen molar-refractivity contribution in [1.82, 2.24) is 0 Å². The van der Waals surface area contributed by atoms with Gasteiger partial charge in [-0.3, -0.25) is 4.79 Å². The van der Waals surface area contributed by atoms with E-state index in [-0.39, 0.29) is 18.0 Å². The van der Waals surface area contributed by atoms with E-state index >= 15 is 0 Å². The smallest absolute Gasteiger partial charge is 0.309 e. The third-order valence-corrected chi connectivity index (χ3v) is 3.53. The number of esters is 1. The summed E-state index contributed by atoms with van der Waals surface area (Å²) in [6.45, 7) is 8.11. The van der Waals surface area contributed by atoms with Crippen molar-refractivity contribution in [3.05, 3.63) is 0 Å². The maximum Gasteiger partial charge on any atom is 0.309 e. The Morgan fingerprint density at radius 2 is 2.00 bits per heavy atom. The minimum Gasteiger partial charge on any atom is -0.462 e. The lowest BCUT2D eigenvalue weighted by Gasteiger charge is -2.33. The predicted molar refractivity (Wildman–Crippen MR) is 57.0 cm³/mol. The molecule has 2 aliphatic rings. The summed E-state index contributed by atoms with van der Waals surface area (Å²) in [5.74, 6) is 0.214. The van der Waals surface area contributed by atoms with Crippen molar-refractivity contribution in [3.63, 3.8) is 0 Å². The number of cyclic esters (lactones) is 1. The zero-order valence-electron chi connectivity index (χ0n) is 9.80. The second kappa shape index (κ2) is 4.33. The second-order valence-corrected chi connectivity index (χ2v) is 4.25. The van der Waals surface area contributed by atoms with Crippen LogP contribution in [0.5, 0.6) is 0 Å². The molecule has 1 spiro atoms. The van der Waals surface area contributed by atoms with Crippen LogP contribution < -0.4 is 0 Å². The van der Waals surface area contributed by atoms with Crippen LogP contribution in [-0.2, 0) is 9.53 Å². The first-order valence-corrected chi connectivity index (χ1v) is 5.88. The van der Waals surface area contributed by atoms with Gasteiger partial charge in [0, 0.05) is 5.41 Å². The number of ether oxygens (including phenoxy) is 1. The molecule has 0 radical (unpaired) electrons. The van der Waals surface area contributed by atoms with Gasteiger partial charge in [0.15, 0.2) is 0 Å². The van der Waals surface area contributed by atoms with Gasteiger partial charge in [0.1, 0.15) is 6.10 Å². The minimum absolute atomic E-state index is 0.0301. The molecule has 0 N–H and O–H groups in total. The van der Waals surface area contributed by atoms with E-state index in [0.29, 0.717) is 5.41 Å². The van der Waals surface area contributed by atoms with E-state index in [1.54, 1.807) is 0 Å². The van der Waals surface area contributed by atoms with E-state index in [1.807, 2.05) is 20.8 Å². The van der Waals surface area contributed by atoms with Crippen LogP contribution in [0.1, 0.15) is 53.4 Å². The Morgan fingerprint density at radius 3 is 2.43 bits per heavy atom. The predicted octanol–water partition coefficient (Wildman–Crippen LogP) is 3.15. The van der Waals surface area contributed by atoms with Gasteiger partial charge in [-0.25, -0.2) is 0 Å². The maximum absolute atomic E-state index is 11.3. The highest BCUT2D eigenvalue weighted by Crippen LogP contribution is 2.57. The van der Waals surface area contributed by atoms with Crippen molar-refractivity contribution >= 4 is 5.97 Å². The first-order valence-electron chi connectivity index (χ1n) is 5.88. The van der Waals surface area contributed by atoms with Crippen molar-refractivity contribution in [2.24, 2.45) is 11.3 Å². The van der Waals surface area contributed by atoms with Crippen molar-refractivity contribution in [2.75, 3.05) is 0 Å². The highest BCUT2D eigenvalue weighted by molar-refractivity contribution is 5.73. The van der Waals surface area contributed by atoms with Gasteiger partial charge in [0.05, 0.1) is 5.92 Å². The summed E-state index contributed by atoms with van der Waals surface area (Å²) in [5.41, 5.74) is 0.397. The van der Waals surface area contributed by atoms with E-state index in [0.717, 1.165) is 12.8 Å². The molecule has 2 atom stereocenters. The molecule has 1 aliphatic carbocycles. The van der Waals surface area contributed by atoms with Crippen LogP contribution in [0.25, 0.3) is 0 Å². The molecule has 1 aliphatic heterocycles. The molecule has 2 fully saturated rings. The highest BCUT2D eigenvalue weighted by Gasteiger charge is 2.54. The quantitative estimate of drug-likeness (QED) is 0.605. The number of carbonyl (C=O) groups excluding carboxylic acids is 1. The first kappa shape index (κ1) is 11.5. The minimum atomic E-state index is 0.0301. The van der Waals surface area contributed by atoms with Crippen LogP contribution in [0, 0.1) is 11.3 Å². The lowest BCUT2D eigenvalue weighted by atomic mass is 9.84. The summed E-state index contributed by atoms with van der Waals surface area (Å²) in [6, 6.07) is 0. The summed E-state index contributed by atoms with van der Waals surface area (Å²) >= 11 is 0. The fraction of sp³-hybridized carbons (Fsp3) is 0.917. The van der Waals surface area contributed by atoms with Crippen LogP contribution in [0.4, 0.5) is 0 Å². The molecule has 0 aromatic heterocycles. The van der Waals surface area contributed by atoms with Crippen molar-refractivity contribution in [1.29, 1.82) is 0 Å². The molecule has 2 nitrogen and oxygen atoms in total. The number of rotatable bonds is 1. The van der Waals surface area contributed by atoms with E-state index in [2.05, 4.69) is 6.92 Å². The topological polar surface area (TPSA) is 26.3 Å². The highest BCUT2D eigenvalue weighted by atomic mass is 16.5. The molecule has 1 unspecified atom stereocenters. The van der Waals surface area contributed by atoms with E-state index in [9.17, 15) is 4.79 Å². The molecular weight excluding hydrogens is 176 g/mol. The van der Waals surface area contributed by atoms with Gasteiger partial charge in [-0.1, -0.05) is 20.8 Å². The number of hydrogen-bond acceptors (Lipinski definition) is 2. The third kappa shape index (κ3) is 1.94. The SMILES string of the molecule is CC.CCC1CC2(CC2)[C@H](C)OC1=O. The molecule has 1 saturated carbocycles. The molecule has 1 saturated heterocycles. The Bertz CT molecular complexity index is 206. The number of hydrogen-bond donors (Lipinski definition) is 0. The first-order chi connectivity index (χ1) is 6.68. The van der Waals surface area contributed by atoms with Gasteiger partial charge in [-0.15, -0.1) is 0 Å². The molecule has 0 amide bonds. The molecule has 0 bridgehead atoms. The Balaban J connectivity index is 0.000000461. The average Bonchev–Trinajstić information content (AvgIpc) is 2.96. The molecule has 14 heavy (non-hydrogen) atoms. The van der Waals surface area contributed by atoms with Gasteiger partial charge in [0.2, 0.25) is 0 Å². The Kier molecular flexibility index (Phi) is 3.57. The third-order valence-electron chi connectivity index (χ3n) is 3.53. The molecule has 0 aromatic rings. The Morgan fingerprint density at radius 1 is 1.43 bits per heavy atom. The number of carbonyl (C=O) groups is 1. The fourth-order valence-electron chi connectivity index (χ4n) is 2.22. The summed E-state index contributed by atoms with van der Waals surface area (Å²) < 4.78 is 5.33. The molecule has 0 aromatic carbocycles. The molecule has 2 heteroatoms. The Labute approximate surface area is 87.0 Å². The molecule has 82 valence electrons. The second-order valence-electron chi connectivity index (χ2n) is 4.25. The van der Waals surface area contributed by atoms with E-state index in [1.165, 1.54) is 12.8 Å². The summed E-state index contributed by atoms with van der Waals surface area (Å²) in [4.78, 5) is 11.3. The van der Waals surface area contributed by atoms with Crippen molar-refractivity contribution in [3.8, 4) is 0 Å². The van der Waals surface area contributed by atoms with Crippen molar-refractivity contribution in [2.45, 2.75) is 59.5 Å². The largest absolute Gasteiger partial charge is 0.462 e. The zero-order valence-corrected chi connectivity index (χ0v) is 9.80. The van der Waals surface area contributed by atoms with E-state index in [4.69, 9.17) is 4.74 Å². The molecule has 2 rings (SSSR count). The molecule has 1 heterocycles. The van der Waals surface area contributed by atoms with Gasteiger partial charge in [-0.05, 0) is 32.6 Å². The van der Waals surface area contributed by atoms with Crippen LogP contribution in [0.2, 0.25) is 0 Å². The van der Waals surface area contributed by atoms with Gasteiger partial charge in [-0.2, -0.15) is 0 Å². The monoisotopic (exact) mass is 198 g/mol. The zero-order chi connectivity index (χ0) is 10.8. The van der Waals surface area contributed by atoms with Gasteiger partial charge >= 0.3 is 5.97 Å². The lowest BCUT2D eigenvalue weighted by molar-refractivity contribution is -0.166. The van der Waals surface area contributed by atoms with Crippen LogP contribution in [0.15, 0.2) is 0 Å². The van der Waals surface area contributed by atoms with Crippen LogP contribution in [-0.4, -0.2) is 12.1 Å². The summed E-state index contributed by atoms with van der Waals surface area (Å²) in [5, 5.41) is 0. The molecular formula is C12H22O2. The lowest BCUT2D eigenvalue weighted by Crippen LogP contribution is -2.37. The van der Waals surface area contributed by atoms with E-state index < -0.39 is 0 Å². The standard InChI is InChI=1S/C10H16O2.C2H6/c1-3-8-6-10(4-5-10)7(2)12-9(8)11;1-2/h7-8H,3-6H2,1-2H3;1-2H3/t7-,8?;/m0./s1. The van der Waals surface area contributed by atoms with Gasteiger partial charge in [0.25, 0.3) is 0 Å². The maximum atomic E-state index is 11.3. The Hall–Kier alpha value is -0.530. The van der Waals surface area contributed by atoms with Crippen LogP contribution in [0.3, 0.4) is 0 Å². The summed E-state index contributed by atoms with van der Waals surface area (Å²) in [7, 11) is 0. The van der Waals surface area contributed by atoms with Crippen molar-refractivity contribution < 1.29 is 9.53 Å². The van der Waals surface area contributed by atoms with Crippen LogP contribution >= 0.6 is 0 Å². The average molecular weight is 198 g/mol. The normalized spacial score (nSPS) is 33.0. The van der Waals surface area contributed by atoms with Gasteiger partial charge < -0.3 is 4.74 Å².